The molecule has 18 heteroatoms. The van der Waals surface area contributed by atoms with Crippen molar-refractivity contribution in [3.05, 3.63) is 52.0 Å². The average Bonchev–Trinajstić information content (AvgIpc) is 3.41. The molecule has 1 atom stereocenters. The number of rotatable bonds is 14. The number of amides is 4. The van der Waals surface area contributed by atoms with E-state index in [0.29, 0.717) is 64.1 Å². The Morgan fingerprint density at radius 2 is 1.59 bits per heavy atom. The number of methoxy groups -OCH3 is 1. The van der Waals surface area contributed by atoms with Crippen LogP contribution >= 0.6 is 11.6 Å². The molecule has 336 valence electrons. The number of halogens is 4. The minimum absolute atomic E-state index is 0.0512. The molecule has 0 spiro atoms. The van der Waals surface area contributed by atoms with E-state index in [1.807, 2.05) is 12.1 Å². The number of hydrogen-bond acceptors (Lipinski definition) is 10. The van der Waals surface area contributed by atoms with E-state index in [2.05, 4.69) is 22.0 Å². The fourth-order valence-corrected chi connectivity index (χ4v) is 9.01. The van der Waals surface area contributed by atoms with Crippen LogP contribution in [-0.4, -0.2) is 146 Å². The SMILES string of the molecule is CCCCCCOC(=O)CN1CCN(C2CCN(C(=O)[C@@H](Cc3cc(Cl)c(N)c(C(F)(F)F)c3)OC(=O)N3CCC(N4CCc5cc(OC)ccc5NC4=O)CC3)CC2)CC1. The van der Waals surface area contributed by atoms with Crippen molar-refractivity contribution < 1.29 is 46.6 Å². The maximum Gasteiger partial charge on any atom is 0.418 e. The first-order chi connectivity index (χ1) is 29.2. The summed E-state index contributed by atoms with van der Waals surface area (Å²) in [5, 5.41) is 2.67. The molecule has 0 aliphatic carbocycles. The summed E-state index contributed by atoms with van der Waals surface area (Å²) in [4.78, 5) is 62.9. The van der Waals surface area contributed by atoms with Gasteiger partial charge in [0.2, 0.25) is 0 Å². The molecule has 0 aromatic heterocycles. The van der Waals surface area contributed by atoms with E-state index in [-0.39, 0.29) is 60.7 Å². The Labute approximate surface area is 360 Å². The molecule has 3 saturated heterocycles. The van der Waals surface area contributed by atoms with Gasteiger partial charge in [0, 0.05) is 83.1 Å². The first kappa shape index (κ1) is 46.0. The van der Waals surface area contributed by atoms with E-state index in [1.54, 1.807) is 23.0 Å². The number of anilines is 2. The summed E-state index contributed by atoms with van der Waals surface area (Å²) in [6, 6.07) is 7.45. The zero-order chi connectivity index (χ0) is 43.7. The number of urea groups is 1. The number of esters is 1. The number of alkyl halides is 3. The van der Waals surface area contributed by atoms with Gasteiger partial charge in [-0.05, 0) is 80.0 Å². The van der Waals surface area contributed by atoms with Crippen molar-refractivity contribution in [3.8, 4) is 5.75 Å². The molecule has 0 saturated carbocycles. The third kappa shape index (κ3) is 12.1. The van der Waals surface area contributed by atoms with E-state index in [4.69, 9.17) is 31.5 Å². The molecule has 4 aliphatic heterocycles. The van der Waals surface area contributed by atoms with Crippen molar-refractivity contribution in [3.63, 3.8) is 0 Å². The molecule has 3 N–H and O–H groups in total. The van der Waals surface area contributed by atoms with Crippen molar-refractivity contribution >= 4 is 47.0 Å². The highest BCUT2D eigenvalue weighted by atomic mass is 35.5. The van der Waals surface area contributed by atoms with Crippen LogP contribution in [0.2, 0.25) is 5.02 Å². The summed E-state index contributed by atoms with van der Waals surface area (Å²) < 4.78 is 58.5. The molecule has 0 unspecified atom stereocenters. The second-order valence-corrected chi connectivity index (χ2v) is 16.8. The van der Waals surface area contributed by atoms with E-state index in [9.17, 15) is 32.3 Å². The number of ether oxygens (including phenoxy) is 3. The summed E-state index contributed by atoms with van der Waals surface area (Å²) in [5.41, 5.74) is 5.68. The summed E-state index contributed by atoms with van der Waals surface area (Å²) >= 11 is 6.16. The third-order valence-electron chi connectivity index (χ3n) is 12.3. The smallest absolute Gasteiger partial charge is 0.418 e. The van der Waals surface area contributed by atoms with Crippen LogP contribution in [0.1, 0.15) is 75.0 Å². The van der Waals surface area contributed by atoms with Crippen molar-refractivity contribution in [2.75, 3.05) is 90.2 Å². The number of hydrogen-bond donors (Lipinski definition) is 2. The summed E-state index contributed by atoms with van der Waals surface area (Å²) in [6.07, 6.45) is -0.277. The van der Waals surface area contributed by atoms with Gasteiger partial charge >= 0.3 is 24.3 Å². The van der Waals surface area contributed by atoms with Gasteiger partial charge in [0.1, 0.15) is 5.75 Å². The van der Waals surface area contributed by atoms with Gasteiger partial charge in [0.25, 0.3) is 5.91 Å². The predicted octanol–water partition coefficient (Wildman–Crippen LogP) is 6.28. The number of nitrogens with one attached hydrogen (secondary N) is 1. The van der Waals surface area contributed by atoms with Gasteiger partial charge in [-0.25, -0.2) is 9.59 Å². The molecular formula is C43H59ClF3N7O7. The lowest BCUT2D eigenvalue weighted by Gasteiger charge is -2.43. The zero-order valence-electron chi connectivity index (χ0n) is 35.2. The van der Waals surface area contributed by atoms with Gasteiger partial charge in [0.15, 0.2) is 6.10 Å². The largest absolute Gasteiger partial charge is 0.497 e. The number of piperazine rings is 1. The standard InChI is InChI=1S/C43H59ClF3N7O7/c1-3-4-5-6-23-60-38(55)28-50-19-21-51(22-20-50)31-10-14-52(15-11-31)40(56)37(26-29-24-34(43(45,46)47)39(48)35(44)25-29)61-42(58)53-16-12-32(13-17-53)54-18-9-30-27-33(59-2)7-8-36(30)49-41(54)57/h7-8,24-25,27,31-32,37H,3-6,9-23,26,28,48H2,1-2H3,(H,49,57)/t37-/m1/s1. The number of nitrogens with two attached hydrogens (primary N) is 1. The van der Waals surface area contributed by atoms with Gasteiger partial charge in [-0.15, -0.1) is 0 Å². The lowest BCUT2D eigenvalue weighted by molar-refractivity contribution is -0.145. The molecule has 0 bridgehead atoms. The maximum atomic E-state index is 14.2. The fourth-order valence-electron chi connectivity index (χ4n) is 8.76. The minimum atomic E-state index is -4.80. The van der Waals surface area contributed by atoms with Crippen molar-refractivity contribution in [1.29, 1.82) is 0 Å². The second-order valence-electron chi connectivity index (χ2n) is 16.4. The molecule has 0 radical (unpaired) electrons. The molecular weight excluding hydrogens is 819 g/mol. The Kier molecular flexibility index (Phi) is 15.9. The number of carbonyl (C=O) groups is 4. The Balaban J connectivity index is 1.05. The van der Waals surface area contributed by atoms with Gasteiger partial charge in [0.05, 0.1) is 36.5 Å². The van der Waals surface area contributed by atoms with Crippen molar-refractivity contribution in [2.45, 2.75) is 95.5 Å². The highest BCUT2D eigenvalue weighted by Crippen LogP contribution is 2.38. The highest BCUT2D eigenvalue weighted by molar-refractivity contribution is 6.33. The summed E-state index contributed by atoms with van der Waals surface area (Å²) in [5.74, 6) is -0.00800. The van der Waals surface area contributed by atoms with Crippen LogP contribution in [0.25, 0.3) is 0 Å². The number of piperidine rings is 2. The van der Waals surface area contributed by atoms with Crippen LogP contribution in [0, 0.1) is 0 Å². The molecule has 4 heterocycles. The van der Waals surface area contributed by atoms with Gasteiger partial charge in [-0.2, -0.15) is 13.2 Å². The fraction of sp³-hybridized carbons (Fsp3) is 0.628. The number of fused-ring (bicyclic) bond motifs is 1. The third-order valence-corrected chi connectivity index (χ3v) is 12.7. The molecule has 61 heavy (non-hydrogen) atoms. The first-order valence-electron chi connectivity index (χ1n) is 21.5. The van der Waals surface area contributed by atoms with E-state index in [0.717, 1.165) is 69.2 Å². The molecule has 14 nitrogen and oxygen atoms in total. The van der Waals surface area contributed by atoms with Gasteiger partial charge < -0.3 is 40.0 Å². The van der Waals surface area contributed by atoms with E-state index in [1.165, 1.54) is 11.0 Å². The monoisotopic (exact) mass is 877 g/mol. The number of unbranched alkanes of at least 4 members (excludes halogenated alkanes) is 3. The van der Waals surface area contributed by atoms with E-state index >= 15 is 0 Å². The Morgan fingerprint density at radius 1 is 0.902 bits per heavy atom. The van der Waals surface area contributed by atoms with Crippen LogP contribution in [-0.2, 0) is 38.1 Å². The lowest BCUT2D eigenvalue weighted by atomic mass is 9.99. The average molecular weight is 878 g/mol. The van der Waals surface area contributed by atoms with Crippen molar-refractivity contribution in [1.82, 2.24) is 24.5 Å². The van der Waals surface area contributed by atoms with Crippen LogP contribution in [0.5, 0.6) is 5.75 Å². The van der Waals surface area contributed by atoms with E-state index < -0.39 is 35.5 Å². The van der Waals surface area contributed by atoms with Gasteiger partial charge in [-0.1, -0.05) is 37.8 Å². The van der Waals surface area contributed by atoms with Crippen LogP contribution in [0.15, 0.2) is 30.3 Å². The summed E-state index contributed by atoms with van der Waals surface area (Å²) in [7, 11) is 1.59. The van der Waals surface area contributed by atoms with Crippen LogP contribution < -0.4 is 15.8 Å². The van der Waals surface area contributed by atoms with Gasteiger partial charge in [-0.3, -0.25) is 19.4 Å². The molecule has 6 rings (SSSR count). The molecule has 2 aromatic carbocycles. The molecule has 2 aromatic rings. The Morgan fingerprint density at radius 3 is 2.26 bits per heavy atom. The predicted molar refractivity (Wildman–Crippen MR) is 225 cm³/mol. The number of likely N-dealkylation sites (tertiary alicyclic amines) is 2. The van der Waals surface area contributed by atoms with Crippen molar-refractivity contribution in [2.24, 2.45) is 0 Å². The highest BCUT2D eigenvalue weighted by Gasteiger charge is 2.39. The van der Waals surface area contributed by atoms with Crippen LogP contribution in [0.4, 0.5) is 34.1 Å². The number of benzene rings is 2. The maximum absolute atomic E-state index is 14.2. The quantitative estimate of drug-likeness (QED) is 0.126. The number of nitrogen functional groups attached to an aromatic ring is 1. The Bertz CT molecular complexity index is 1850. The number of carbonyl (C=O) groups excluding carboxylic acids is 4. The topological polar surface area (TPSA) is 150 Å². The molecule has 4 aliphatic rings. The lowest BCUT2D eigenvalue weighted by Crippen LogP contribution is -2.55. The second kappa shape index (κ2) is 21.1. The Hall–Kier alpha value is -4.48. The molecule has 3 fully saturated rings. The number of nitrogens with zero attached hydrogens (tertiary/aromatic N) is 5. The summed E-state index contributed by atoms with van der Waals surface area (Å²) in [6.45, 7) is 7.55. The first-order valence-corrected chi connectivity index (χ1v) is 21.9. The zero-order valence-corrected chi connectivity index (χ0v) is 35.9. The normalized spacial score (nSPS) is 19.2. The minimum Gasteiger partial charge on any atom is -0.497 e. The molecule has 4 amide bonds. The van der Waals surface area contributed by atoms with Crippen LogP contribution in [0.3, 0.4) is 0 Å².